The average molecular weight is 413 g/mol. The minimum Gasteiger partial charge on any atom is -0.497 e. The van der Waals surface area contributed by atoms with Gasteiger partial charge in [0.15, 0.2) is 0 Å². The Morgan fingerprint density at radius 2 is 1.80 bits per heavy atom. The Hall–Kier alpha value is -2.93. The molecule has 160 valence electrons. The van der Waals surface area contributed by atoms with Crippen LogP contribution in [0, 0.1) is 5.82 Å². The molecule has 0 atom stereocenters. The fourth-order valence-electron chi connectivity index (χ4n) is 3.55. The number of methoxy groups -OCH3 is 1. The molecule has 6 nitrogen and oxygen atoms in total. The average Bonchev–Trinajstić information content (AvgIpc) is 2.75. The van der Waals surface area contributed by atoms with E-state index in [1.165, 1.54) is 12.1 Å². The summed E-state index contributed by atoms with van der Waals surface area (Å²) in [6.07, 6.45) is 1.46. The van der Waals surface area contributed by atoms with Crippen molar-refractivity contribution in [2.75, 3.05) is 33.8 Å². The van der Waals surface area contributed by atoms with Gasteiger partial charge in [0, 0.05) is 32.7 Å². The SMILES string of the molecule is COc1ccc(CN(C)C(=O)CN2CCC(NC(=O)c3ccccc3F)CC2)cc1. The Kier molecular flexibility index (Phi) is 7.41. The number of likely N-dealkylation sites (tertiary alicyclic amines) is 1. The van der Waals surface area contributed by atoms with E-state index in [-0.39, 0.29) is 23.4 Å². The summed E-state index contributed by atoms with van der Waals surface area (Å²) in [6, 6.07) is 13.6. The molecule has 1 aliphatic heterocycles. The molecule has 0 aromatic heterocycles. The van der Waals surface area contributed by atoms with Crippen LogP contribution in [0.4, 0.5) is 4.39 Å². The predicted octanol–water partition coefficient (Wildman–Crippen LogP) is 2.69. The van der Waals surface area contributed by atoms with Crippen LogP contribution in [0.25, 0.3) is 0 Å². The summed E-state index contributed by atoms with van der Waals surface area (Å²) < 4.78 is 18.9. The molecule has 2 aromatic rings. The summed E-state index contributed by atoms with van der Waals surface area (Å²) >= 11 is 0. The first-order valence-corrected chi connectivity index (χ1v) is 10.1. The van der Waals surface area contributed by atoms with Gasteiger partial charge in [-0.15, -0.1) is 0 Å². The van der Waals surface area contributed by atoms with E-state index in [1.54, 1.807) is 31.2 Å². The number of piperidine rings is 1. The van der Waals surface area contributed by atoms with Crippen LogP contribution in [0.5, 0.6) is 5.75 Å². The zero-order valence-electron chi connectivity index (χ0n) is 17.4. The molecule has 0 aliphatic carbocycles. The Bertz CT molecular complexity index is 864. The van der Waals surface area contributed by atoms with Crippen molar-refractivity contribution in [1.82, 2.24) is 15.1 Å². The lowest BCUT2D eigenvalue weighted by Crippen LogP contribution is -2.47. The van der Waals surface area contributed by atoms with Crippen LogP contribution in [-0.2, 0) is 11.3 Å². The first-order valence-electron chi connectivity index (χ1n) is 10.1. The Balaban J connectivity index is 1.42. The fraction of sp³-hybridized carbons (Fsp3) is 0.391. The van der Waals surface area contributed by atoms with Crippen LogP contribution in [0.2, 0.25) is 0 Å². The summed E-state index contributed by atoms with van der Waals surface area (Å²) in [4.78, 5) is 28.6. The zero-order chi connectivity index (χ0) is 21.5. The van der Waals surface area contributed by atoms with Crippen LogP contribution >= 0.6 is 0 Å². The largest absolute Gasteiger partial charge is 0.497 e. The second-order valence-electron chi connectivity index (χ2n) is 7.60. The predicted molar refractivity (Wildman–Crippen MR) is 113 cm³/mol. The summed E-state index contributed by atoms with van der Waals surface area (Å²) in [6.45, 7) is 2.31. The van der Waals surface area contributed by atoms with Gasteiger partial charge in [0.25, 0.3) is 5.91 Å². The second kappa shape index (κ2) is 10.2. The van der Waals surface area contributed by atoms with E-state index in [0.717, 1.165) is 24.2 Å². The molecule has 2 amide bonds. The smallest absolute Gasteiger partial charge is 0.254 e. The maximum Gasteiger partial charge on any atom is 0.254 e. The molecule has 3 rings (SSSR count). The van der Waals surface area contributed by atoms with Crippen molar-refractivity contribution in [1.29, 1.82) is 0 Å². The molecular formula is C23H28FN3O3. The topological polar surface area (TPSA) is 61.9 Å². The van der Waals surface area contributed by atoms with Crippen molar-refractivity contribution >= 4 is 11.8 Å². The molecule has 0 radical (unpaired) electrons. The number of rotatable bonds is 7. The third-order valence-corrected chi connectivity index (χ3v) is 5.40. The highest BCUT2D eigenvalue weighted by atomic mass is 19.1. The van der Waals surface area contributed by atoms with Gasteiger partial charge in [-0.3, -0.25) is 14.5 Å². The Morgan fingerprint density at radius 1 is 1.13 bits per heavy atom. The van der Waals surface area contributed by atoms with Crippen molar-refractivity contribution in [3.63, 3.8) is 0 Å². The van der Waals surface area contributed by atoms with Crippen LogP contribution in [0.3, 0.4) is 0 Å². The van der Waals surface area contributed by atoms with E-state index in [0.29, 0.717) is 26.2 Å². The molecule has 1 saturated heterocycles. The molecule has 0 unspecified atom stereocenters. The molecular weight excluding hydrogens is 385 g/mol. The van der Waals surface area contributed by atoms with Crippen LogP contribution < -0.4 is 10.1 Å². The van der Waals surface area contributed by atoms with E-state index in [9.17, 15) is 14.0 Å². The van der Waals surface area contributed by atoms with Crippen LogP contribution in [0.15, 0.2) is 48.5 Å². The Labute approximate surface area is 176 Å². The lowest BCUT2D eigenvalue weighted by atomic mass is 10.0. The molecule has 7 heteroatoms. The van der Waals surface area contributed by atoms with E-state index in [4.69, 9.17) is 4.74 Å². The number of nitrogens with zero attached hydrogens (tertiary/aromatic N) is 2. The molecule has 1 heterocycles. The van der Waals surface area contributed by atoms with Gasteiger partial charge in [-0.25, -0.2) is 4.39 Å². The fourth-order valence-corrected chi connectivity index (χ4v) is 3.55. The minimum absolute atomic E-state index is 0.0134. The van der Waals surface area contributed by atoms with Gasteiger partial charge in [0.1, 0.15) is 11.6 Å². The number of nitrogens with one attached hydrogen (secondary N) is 1. The van der Waals surface area contributed by atoms with Crippen molar-refractivity contribution in [2.45, 2.75) is 25.4 Å². The molecule has 1 fully saturated rings. The Morgan fingerprint density at radius 3 is 2.43 bits per heavy atom. The maximum absolute atomic E-state index is 13.8. The molecule has 2 aromatic carbocycles. The molecule has 0 saturated carbocycles. The number of carbonyl (C=O) groups excluding carboxylic acids is 2. The number of amides is 2. The van der Waals surface area contributed by atoms with Crippen molar-refractivity contribution < 1.29 is 18.7 Å². The van der Waals surface area contributed by atoms with Gasteiger partial charge in [0.2, 0.25) is 5.91 Å². The van der Waals surface area contributed by atoms with Gasteiger partial charge >= 0.3 is 0 Å². The monoisotopic (exact) mass is 413 g/mol. The van der Waals surface area contributed by atoms with Crippen molar-refractivity contribution in [2.24, 2.45) is 0 Å². The highest BCUT2D eigenvalue weighted by Crippen LogP contribution is 2.15. The first kappa shape index (κ1) is 21.8. The van der Waals surface area contributed by atoms with E-state index >= 15 is 0 Å². The highest BCUT2D eigenvalue weighted by Gasteiger charge is 2.24. The van der Waals surface area contributed by atoms with Gasteiger partial charge in [-0.2, -0.15) is 0 Å². The molecule has 30 heavy (non-hydrogen) atoms. The minimum atomic E-state index is -0.516. The van der Waals surface area contributed by atoms with E-state index in [1.807, 2.05) is 24.3 Å². The maximum atomic E-state index is 13.8. The standard InChI is InChI=1S/C23H28FN3O3/c1-26(15-17-7-9-19(30-2)10-8-17)22(28)16-27-13-11-18(12-14-27)25-23(29)20-5-3-4-6-21(20)24/h3-10,18H,11-16H2,1-2H3,(H,25,29). The second-order valence-corrected chi connectivity index (χ2v) is 7.60. The molecule has 0 bridgehead atoms. The number of benzene rings is 2. The first-order chi connectivity index (χ1) is 14.5. The summed E-state index contributed by atoms with van der Waals surface area (Å²) in [7, 11) is 3.42. The van der Waals surface area contributed by atoms with Crippen LogP contribution in [0.1, 0.15) is 28.8 Å². The number of hydrogen-bond acceptors (Lipinski definition) is 4. The quantitative estimate of drug-likeness (QED) is 0.758. The summed E-state index contributed by atoms with van der Waals surface area (Å²) in [5, 5.41) is 2.90. The van der Waals surface area contributed by atoms with Gasteiger partial charge in [-0.05, 0) is 42.7 Å². The lowest BCUT2D eigenvalue weighted by Gasteiger charge is -2.32. The number of likely N-dealkylation sites (N-methyl/N-ethyl adjacent to an activating group) is 1. The van der Waals surface area contributed by atoms with Gasteiger partial charge in [0.05, 0.1) is 19.2 Å². The zero-order valence-corrected chi connectivity index (χ0v) is 17.4. The van der Waals surface area contributed by atoms with E-state index in [2.05, 4.69) is 10.2 Å². The molecule has 0 spiro atoms. The summed E-state index contributed by atoms with van der Waals surface area (Å²) in [5.41, 5.74) is 1.11. The highest BCUT2D eigenvalue weighted by molar-refractivity contribution is 5.94. The van der Waals surface area contributed by atoms with Gasteiger partial charge < -0.3 is 15.0 Å². The summed E-state index contributed by atoms with van der Waals surface area (Å²) in [5.74, 6) is -0.0582. The molecule has 1 aliphatic rings. The van der Waals surface area contributed by atoms with Gasteiger partial charge in [-0.1, -0.05) is 24.3 Å². The lowest BCUT2D eigenvalue weighted by molar-refractivity contribution is -0.131. The third kappa shape index (κ3) is 5.79. The normalized spacial score (nSPS) is 14.9. The van der Waals surface area contributed by atoms with Crippen LogP contribution in [-0.4, -0.2) is 61.4 Å². The third-order valence-electron chi connectivity index (χ3n) is 5.40. The number of ether oxygens (including phenoxy) is 1. The van der Waals surface area contributed by atoms with E-state index < -0.39 is 5.82 Å². The molecule has 1 N–H and O–H groups in total. The van der Waals surface area contributed by atoms with Crippen molar-refractivity contribution in [3.05, 3.63) is 65.5 Å². The number of hydrogen-bond donors (Lipinski definition) is 1. The van der Waals surface area contributed by atoms with Crippen molar-refractivity contribution in [3.8, 4) is 5.75 Å². The number of halogens is 1. The number of carbonyl (C=O) groups is 2.